The number of amides is 6. The molecule has 18 heteroatoms. The van der Waals surface area contributed by atoms with Crippen LogP contribution in [0.25, 0.3) is 0 Å². The zero-order valence-electron chi connectivity index (χ0n) is 32.4. The molecule has 0 aromatic heterocycles. The highest BCUT2D eigenvalue weighted by atomic mass is 16.4. The number of aromatic hydroxyl groups is 1. The number of carboxylic acid groups (broad SMARTS) is 1. The normalized spacial score (nSPS) is 16.9. The third-order valence-corrected chi connectivity index (χ3v) is 8.92. The van der Waals surface area contributed by atoms with Crippen molar-refractivity contribution in [3.05, 3.63) is 29.8 Å². The van der Waals surface area contributed by atoms with E-state index in [0.29, 0.717) is 12.0 Å². The quantitative estimate of drug-likeness (QED) is 0.0675. The van der Waals surface area contributed by atoms with Gasteiger partial charge in [0.2, 0.25) is 35.4 Å². The Labute approximate surface area is 315 Å². The van der Waals surface area contributed by atoms with Crippen molar-refractivity contribution in [2.24, 2.45) is 23.5 Å². The van der Waals surface area contributed by atoms with Gasteiger partial charge in [-0.05, 0) is 56.2 Å². The molecule has 18 nitrogen and oxygen atoms in total. The van der Waals surface area contributed by atoms with Gasteiger partial charge in [0.25, 0.3) is 0 Å². The molecule has 1 aromatic rings. The van der Waals surface area contributed by atoms with Crippen molar-refractivity contribution >= 4 is 41.4 Å². The zero-order chi connectivity index (χ0) is 41.6. The van der Waals surface area contributed by atoms with E-state index < -0.39 is 114 Å². The lowest BCUT2D eigenvalue weighted by atomic mass is 9.96. The van der Waals surface area contributed by atoms with Crippen LogP contribution in [-0.4, -0.2) is 116 Å². The van der Waals surface area contributed by atoms with E-state index in [2.05, 4.69) is 31.9 Å². The first-order chi connectivity index (χ1) is 25.0. The largest absolute Gasteiger partial charge is 0.508 e. The number of phenols is 1. The van der Waals surface area contributed by atoms with E-state index in [1.165, 1.54) is 45.0 Å². The van der Waals surface area contributed by atoms with Crippen molar-refractivity contribution in [3.63, 3.8) is 0 Å². The van der Waals surface area contributed by atoms with Gasteiger partial charge in [-0.2, -0.15) is 0 Å². The second-order valence-electron chi connectivity index (χ2n) is 14.3. The van der Waals surface area contributed by atoms with Gasteiger partial charge in [-0.3, -0.25) is 28.8 Å². The molecule has 0 radical (unpaired) electrons. The first kappa shape index (κ1) is 47.2. The van der Waals surface area contributed by atoms with Crippen LogP contribution in [0.15, 0.2) is 24.3 Å². The summed E-state index contributed by atoms with van der Waals surface area (Å²) in [5, 5.41) is 54.4. The van der Waals surface area contributed by atoms with Crippen molar-refractivity contribution in [1.82, 2.24) is 31.9 Å². The Balaban J connectivity index is 3.30. The molecule has 6 amide bonds. The van der Waals surface area contributed by atoms with Gasteiger partial charge in [0.1, 0.15) is 48.0 Å². The maximum absolute atomic E-state index is 13.8. The number of benzene rings is 1. The summed E-state index contributed by atoms with van der Waals surface area (Å²) >= 11 is 0. The Hall–Kier alpha value is -4.81. The van der Waals surface area contributed by atoms with Crippen LogP contribution in [0.1, 0.15) is 74.3 Å². The maximum Gasteiger partial charge on any atom is 0.326 e. The molecular weight excluding hydrogens is 706 g/mol. The molecule has 0 saturated heterocycles. The summed E-state index contributed by atoms with van der Waals surface area (Å²) in [5.74, 6) is -7.81. The summed E-state index contributed by atoms with van der Waals surface area (Å²) < 4.78 is 0. The number of nitrogens with two attached hydrogens (primary N) is 1. The smallest absolute Gasteiger partial charge is 0.326 e. The molecule has 0 spiro atoms. The van der Waals surface area contributed by atoms with Gasteiger partial charge in [-0.1, -0.05) is 60.1 Å². The monoisotopic (exact) mass is 765 g/mol. The SMILES string of the molecule is CC[C@H](C)[C@H](NC(=O)[C@@H](N)[C@@H](C)O)C(=O)N[C@H](C(=O)N[C@H](C(=O)N[C@@H](Cc1ccc(O)cc1)C(=O)N[C@@H](C)C(=O)N[C@H](C(=O)O)C(C)C)C(C)C)[C@@H](C)O. The maximum atomic E-state index is 13.8. The summed E-state index contributed by atoms with van der Waals surface area (Å²) in [4.78, 5) is 91.3. The molecule has 1 aromatic carbocycles. The summed E-state index contributed by atoms with van der Waals surface area (Å²) in [5.41, 5.74) is 6.24. The highest BCUT2D eigenvalue weighted by Crippen LogP contribution is 2.14. The van der Waals surface area contributed by atoms with Gasteiger partial charge in [0, 0.05) is 6.42 Å². The number of hydrogen-bond donors (Lipinski definition) is 11. The molecule has 0 unspecified atom stereocenters. The number of aliphatic hydroxyl groups is 2. The van der Waals surface area contributed by atoms with Gasteiger partial charge in [-0.15, -0.1) is 0 Å². The summed E-state index contributed by atoms with van der Waals surface area (Å²) in [6.45, 7) is 13.8. The average molecular weight is 766 g/mol. The number of rotatable bonds is 21. The molecule has 1 rings (SSSR count). The average Bonchev–Trinajstić information content (AvgIpc) is 3.09. The van der Waals surface area contributed by atoms with E-state index in [0.717, 1.165) is 0 Å². The molecule has 0 bridgehead atoms. The van der Waals surface area contributed by atoms with Crippen LogP contribution in [0.5, 0.6) is 5.75 Å². The van der Waals surface area contributed by atoms with Gasteiger partial charge in [0.05, 0.1) is 12.2 Å². The molecule has 0 aliphatic carbocycles. The summed E-state index contributed by atoms with van der Waals surface area (Å²) in [6.07, 6.45) is -2.39. The van der Waals surface area contributed by atoms with E-state index in [1.807, 2.05) is 0 Å². The second-order valence-corrected chi connectivity index (χ2v) is 14.3. The Morgan fingerprint density at radius 3 is 1.52 bits per heavy atom. The number of aliphatic carboxylic acids is 1. The highest BCUT2D eigenvalue weighted by Gasteiger charge is 2.37. The van der Waals surface area contributed by atoms with E-state index in [9.17, 15) is 54.0 Å². The minimum absolute atomic E-state index is 0.0456. The standard InChI is InChI=1S/C36H59N7O11/c1-10-18(6)28(42-32(49)25(37)20(8)44)34(51)43-29(21(9)45)35(52)40-26(16(2)3)33(50)39-24(15-22-11-13-23(46)14-12-22)31(48)38-19(7)30(47)41-27(17(4)5)36(53)54/h11-14,16-21,24-29,44-46H,10,15,37H2,1-9H3,(H,38,48)(H,39,50)(H,40,52)(H,41,47)(H,42,49)(H,43,51)(H,53,54)/t18-,19-,20+,21+,24-,25-,26-,27-,28-,29-/m0/s1. The minimum atomic E-state index is -1.60. The second kappa shape index (κ2) is 21.8. The van der Waals surface area contributed by atoms with Crippen LogP contribution in [0.3, 0.4) is 0 Å². The lowest BCUT2D eigenvalue weighted by Crippen LogP contribution is -2.63. The Morgan fingerprint density at radius 1 is 0.593 bits per heavy atom. The molecule has 0 heterocycles. The van der Waals surface area contributed by atoms with Crippen molar-refractivity contribution < 1.29 is 54.0 Å². The Kier molecular flexibility index (Phi) is 19.0. The van der Waals surface area contributed by atoms with Crippen LogP contribution in [0.4, 0.5) is 0 Å². The first-order valence-electron chi connectivity index (χ1n) is 18.0. The van der Waals surface area contributed by atoms with Gasteiger partial charge in [0.15, 0.2) is 0 Å². The zero-order valence-corrected chi connectivity index (χ0v) is 32.4. The van der Waals surface area contributed by atoms with Crippen LogP contribution in [0.2, 0.25) is 0 Å². The summed E-state index contributed by atoms with van der Waals surface area (Å²) in [7, 11) is 0. The lowest BCUT2D eigenvalue weighted by Gasteiger charge is -2.30. The van der Waals surface area contributed by atoms with Crippen LogP contribution >= 0.6 is 0 Å². The highest BCUT2D eigenvalue weighted by molar-refractivity contribution is 5.97. The molecule has 0 saturated carbocycles. The molecular formula is C36H59N7O11. The van der Waals surface area contributed by atoms with E-state index in [1.54, 1.807) is 41.5 Å². The van der Waals surface area contributed by atoms with Crippen molar-refractivity contribution in [2.75, 3.05) is 0 Å². The van der Waals surface area contributed by atoms with E-state index >= 15 is 0 Å². The van der Waals surface area contributed by atoms with E-state index in [-0.39, 0.29) is 12.2 Å². The van der Waals surface area contributed by atoms with Gasteiger partial charge >= 0.3 is 5.97 Å². The first-order valence-corrected chi connectivity index (χ1v) is 18.0. The molecule has 0 fully saturated rings. The van der Waals surface area contributed by atoms with Gasteiger partial charge in [-0.25, -0.2) is 4.79 Å². The number of phenolic OH excluding ortho intramolecular Hbond substituents is 1. The molecule has 54 heavy (non-hydrogen) atoms. The van der Waals surface area contributed by atoms with Crippen LogP contribution < -0.4 is 37.6 Å². The number of carbonyl (C=O) groups excluding carboxylic acids is 6. The Morgan fingerprint density at radius 2 is 1.06 bits per heavy atom. The third kappa shape index (κ3) is 14.5. The molecule has 12 N–H and O–H groups in total. The number of hydrogen-bond acceptors (Lipinski definition) is 11. The van der Waals surface area contributed by atoms with Gasteiger partial charge < -0.3 is 58.1 Å². The molecule has 10 atom stereocenters. The van der Waals surface area contributed by atoms with Crippen molar-refractivity contribution in [3.8, 4) is 5.75 Å². The van der Waals surface area contributed by atoms with Crippen molar-refractivity contribution in [1.29, 1.82) is 0 Å². The molecule has 304 valence electrons. The number of carboxylic acids is 1. The fraction of sp³-hybridized carbons (Fsp3) is 0.639. The predicted molar refractivity (Wildman–Crippen MR) is 197 cm³/mol. The number of nitrogens with one attached hydrogen (secondary N) is 6. The molecule has 0 aliphatic heterocycles. The molecule has 0 aliphatic rings. The number of aliphatic hydroxyl groups excluding tert-OH is 2. The van der Waals surface area contributed by atoms with Crippen LogP contribution in [-0.2, 0) is 40.0 Å². The number of carbonyl (C=O) groups is 7. The minimum Gasteiger partial charge on any atom is -0.508 e. The van der Waals surface area contributed by atoms with E-state index in [4.69, 9.17) is 5.73 Å². The van der Waals surface area contributed by atoms with Crippen LogP contribution in [0, 0.1) is 17.8 Å². The lowest BCUT2D eigenvalue weighted by molar-refractivity contribution is -0.143. The summed E-state index contributed by atoms with van der Waals surface area (Å²) in [6, 6.07) is -3.44. The fourth-order valence-corrected chi connectivity index (χ4v) is 5.11. The topological polar surface area (TPSA) is 299 Å². The third-order valence-electron chi connectivity index (χ3n) is 8.92. The Bertz CT molecular complexity index is 1450. The van der Waals surface area contributed by atoms with Crippen molar-refractivity contribution in [2.45, 2.75) is 130 Å². The fourth-order valence-electron chi connectivity index (χ4n) is 5.11. The predicted octanol–water partition coefficient (Wildman–Crippen LogP) is -1.60.